The maximum absolute atomic E-state index is 12.7. The van der Waals surface area contributed by atoms with Gasteiger partial charge in [0.05, 0.1) is 0 Å². The number of aromatic nitrogens is 2. The Morgan fingerprint density at radius 3 is 2.39 bits per heavy atom. The molecule has 0 radical (unpaired) electrons. The number of rotatable bonds is 2. The summed E-state index contributed by atoms with van der Waals surface area (Å²) < 4.78 is 38.0. The van der Waals surface area contributed by atoms with Crippen LogP contribution in [0, 0.1) is 0 Å². The van der Waals surface area contributed by atoms with Crippen LogP contribution in [0.25, 0.3) is 0 Å². The molecule has 1 aromatic heterocycles. The second kappa shape index (κ2) is 4.17. The molecule has 0 saturated heterocycles. The van der Waals surface area contributed by atoms with Crippen LogP contribution < -0.4 is 5.73 Å². The van der Waals surface area contributed by atoms with Crippen LogP contribution in [0.4, 0.5) is 19.1 Å². The highest BCUT2D eigenvalue weighted by atomic mass is 19.4. The smallest absolute Gasteiger partial charge is 0.369 e. The molecule has 2 rings (SSSR count). The molecular weight excluding hydrogens is 247 g/mol. The van der Waals surface area contributed by atoms with Gasteiger partial charge in [-0.2, -0.15) is 13.2 Å². The number of ketones is 1. The Morgan fingerprint density at radius 2 is 1.83 bits per heavy atom. The van der Waals surface area contributed by atoms with Gasteiger partial charge in [-0.25, -0.2) is 4.98 Å². The lowest BCUT2D eigenvalue weighted by Gasteiger charge is -2.05. The lowest BCUT2D eigenvalue weighted by atomic mass is 10.1. The molecule has 94 valence electrons. The van der Waals surface area contributed by atoms with E-state index < -0.39 is 29.3 Å². The number of nitrogen functional groups attached to an aromatic ring is 1. The lowest BCUT2D eigenvalue weighted by Crippen LogP contribution is -2.13. The van der Waals surface area contributed by atoms with Crippen LogP contribution >= 0.6 is 0 Å². The number of nitrogens with one attached hydrogen (secondary N) is 1. The van der Waals surface area contributed by atoms with Gasteiger partial charge < -0.3 is 10.7 Å². The first kappa shape index (κ1) is 12.2. The molecule has 0 fully saturated rings. The number of carbonyl (C=O) groups is 1. The van der Waals surface area contributed by atoms with Gasteiger partial charge in [0.1, 0.15) is 5.69 Å². The van der Waals surface area contributed by atoms with Crippen molar-refractivity contribution in [3.05, 3.63) is 47.3 Å². The van der Waals surface area contributed by atoms with Crippen molar-refractivity contribution in [2.75, 3.05) is 5.73 Å². The van der Waals surface area contributed by atoms with Crippen LogP contribution in [0.3, 0.4) is 0 Å². The first-order valence-corrected chi connectivity index (χ1v) is 4.92. The van der Waals surface area contributed by atoms with Crippen LogP contribution in [-0.4, -0.2) is 15.8 Å². The zero-order valence-electron chi connectivity index (χ0n) is 8.95. The fourth-order valence-corrected chi connectivity index (χ4v) is 1.49. The van der Waals surface area contributed by atoms with Crippen molar-refractivity contribution in [3.8, 4) is 0 Å². The third-order valence-electron chi connectivity index (χ3n) is 2.26. The van der Waals surface area contributed by atoms with Crippen molar-refractivity contribution < 1.29 is 18.0 Å². The predicted octanol–water partition coefficient (Wildman–Crippen LogP) is 2.24. The summed E-state index contributed by atoms with van der Waals surface area (Å²) in [5.41, 5.74) is 3.35. The van der Waals surface area contributed by atoms with Gasteiger partial charge in [0.2, 0.25) is 5.78 Å². The summed E-state index contributed by atoms with van der Waals surface area (Å²) in [7, 11) is 0. The average Bonchev–Trinajstić information content (AvgIpc) is 2.71. The molecule has 18 heavy (non-hydrogen) atoms. The van der Waals surface area contributed by atoms with E-state index in [0.717, 1.165) is 0 Å². The molecule has 1 aromatic carbocycles. The van der Waals surface area contributed by atoms with Crippen LogP contribution in [0.5, 0.6) is 0 Å². The quantitative estimate of drug-likeness (QED) is 0.808. The van der Waals surface area contributed by atoms with Crippen molar-refractivity contribution in [1.29, 1.82) is 0 Å². The first-order chi connectivity index (χ1) is 8.39. The highest BCUT2D eigenvalue weighted by molar-refractivity contribution is 6.08. The van der Waals surface area contributed by atoms with Gasteiger partial charge in [-0.05, 0) is 0 Å². The maximum Gasteiger partial charge on any atom is 0.433 e. The Kier molecular flexibility index (Phi) is 2.82. The largest absolute Gasteiger partial charge is 0.433 e. The molecule has 3 N–H and O–H groups in total. The summed E-state index contributed by atoms with van der Waals surface area (Å²) in [5, 5.41) is 0. The fourth-order valence-electron chi connectivity index (χ4n) is 1.49. The highest BCUT2D eigenvalue weighted by Crippen LogP contribution is 2.31. The molecule has 0 atom stereocenters. The van der Waals surface area contributed by atoms with Gasteiger partial charge in [0, 0.05) is 5.56 Å². The molecule has 0 aliphatic carbocycles. The van der Waals surface area contributed by atoms with Crippen LogP contribution in [0.2, 0.25) is 0 Å². The van der Waals surface area contributed by atoms with Gasteiger partial charge in [-0.3, -0.25) is 4.79 Å². The van der Waals surface area contributed by atoms with Gasteiger partial charge in [0.15, 0.2) is 11.6 Å². The van der Waals surface area contributed by atoms with Gasteiger partial charge in [-0.15, -0.1) is 0 Å². The van der Waals surface area contributed by atoms with E-state index in [2.05, 4.69) is 4.98 Å². The Labute approximate surface area is 99.6 Å². The molecule has 0 aliphatic rings. The van der Waals surface area contributed by atoms with Crippen molar-refractivity contribution in [3.63, 3.8) is 0 Å². The number of benzene rings is 1. The molecular formula is C11H8F3N3O. The number of nitrogens with zero attached hydrogens (tertiary/aromatic N) is 1. The number of hydrogen-bond acceptors (Lipinski definition) is 3. The number of aromatic amines is 1. The monoisotopic (exact) mass is 255 g/mol. The Balaban J connectivity index is 2.49. The Morgan fingerprint density at radius 1 is 1.22 bits per heavy atom. The Bertz CT molecular complexity index is 575. The lowest BCUT2D eigenvalue weighted by molar-refractivity contribution is -0.141. The number of H-pyrrole nitrogens is 1. The molecule has 0 bridgehead atoms. The SMILES string of the molecule is Nc1nc(C(=O)c2ccccc2)c(C(F)(F)F)[nH]1. The number of imidazole rings is 1. The van der Waals surface area contributed by atoms with Crippen molar-refractivity contribution in [1.82, 2.24) is 9.97 Å². The molecule has 7 heteroatoms. The van der Waals surface area contributed by atoms with E-state index in [1.807, 2.05) is 4.98 Å². The van der Waals surface area contributed by atoms with E-state index in [0.29, 0.717) is 0 Å². The minimum atomic E-state index is -4.70. The van der Waals surface area contributed by atoms with E-state index in [1.54, 1.807) is 18.2 Å². The summed E-state index contributed by atoms with van der Waals surface area (Å²) in [4.78, 5) is 17.2. The zero-order chi connectivity index (χ0) is 13.3. The molecule has 0 saturated carbocycles. The van der Waals surface area contributed by atoms with Gasteiger partial charge in [-0.1, -0.05) is 30.3 Å². The molecule has 1 heterocycles. The summed E-state index contributed by atoms with van der Waals surface area (Å²) in [5.74, 6) is -1.27. The van der Waals surface area contributed by atoms with Crippen LogP contribution in [-0.2, 0) is 6.18 Å². The number of nitrogens with two attached hydrogens (primary N) is 1. The minimum Gasteiger partial charge on any atom is -0.369 e. The van der Waals surface area contributed by atoms with E-state index in [1.165, 1.54) is 12.1 Å². The maximum atomic E-state index is 12.7. The van der Waals surface area contributed by atoms with Crippen molar-refractivity contribution >= 4 is 11.7 Å². The van der Waals surface area contributed by atoms with Gasteiger partial charge in [0.25, 0.3) is 0 Å². The second-order valence-electron chi connectivity index (χ2n) is 3.54. The standard InChI is InChI=1S/C11H8F3N3O/c12-11(13,14)9-7(16-10(15)17-9)8(18)6-4-2-1-3-5-6/h1-5H,(H3,15,16,17). The van der Waals surface area contributed by atoms with E-state index in [-0.39, 0.29) is 5.56 Å². The number of alkyl halides is 3. The third kappa shape index (κ3) is 2.20. The Hall–Kier alpha value is -2.31. The number of carbonyl (C=O) groups excluding carboxylic acids is 1. The number of halogens is 3. The van der Waals surface area contributed by atoms with Gasteiger partial charge >= 0.3 is 6.18 Å². The van der Waals surface area contributed by atoms with E-state index in [4.69, 9.17) is 5.73 Å². The fraction of sp³-hybridized carbons (Fsp3) is 0.0909. The molecule has 4 nitrogen and oxygen atoms in total. The summed E-state index contributed by atoms with van der Waals surface area (Å²) in [6, 6.07) is 7.58. The molecule has 0 unspecified atom stereocenters. The summed E-state index contributed by atoms with van der Waals surface area (Å²) in [6.45, 7) is 0. The average molecular weight is 255 g/mol. The number of hydrogen-bond donors (Lipinski definition) is 2. The van der Waals surface area contributed by atoms with Crippen LogP contribution in [0.15, 0.2) is 30.3 Å². The topological polar surface area (TPSA) is 71.8 Å². The molecule has 2 aromatic rings. The van der Waals surface area contributed by atoms with Crippen molar-refractivity contribution in [2.24, 2.45) is 0 Å². The molecule has 0 amide bonds. The molecule has 0 spiro atoms. The third-order valence-corrected chi connectivity index (χ3v) is 2.26. The van der Waals surface area contributed by atoms with E-state index in [9.17, 15) is 18.0 Å². The zero-order valence-corrected chi connectivity index (χ0v) is 8.95. The predicted molar refractivity (Wildman–Crippen MR) is 57.9 cm³/mol. The molecule has 0 aliphatic heterocycles. The van der Waals surface area contributed by atoms with E-state index >= 15 is 0 Å². The second-order valence-corrected chi connectivity index (χ2v) is 3.54. The van der Waals surface area contributed by atoms with Crippen LogP contribution in [0.1, 0.15) is 21.7 Å². The minimum absolute atomic E-state index is 0.120. The highest BCUT2D eigenvalue weighted by Gasteiger charge is 2.38. The number of anilines is 1. The van der Waals surface area contributed by atoms with Crippen molar-refractivity contribution in [2.45, 2.75) is 6.18 Å². The first-order valence-electron chi connectivity index (χ1n) is 4.92. The normalized spacial score (nSPS) is 11.5. The summed E-state index contributed by atoms with van der Waals surface area (Å²) >= 11 is 0. The summed E-state index contributed by atoms with van der Waals surface area (Å²) in [6.07, 6.45) is -4.70.